The molecule has 3 heteroatoms. The van der Waals surface area contributed by atoms with Crippen molar-refractivity contribution in [2.24, 2.45) is 0 Å². The number of para-hydroxylation sites is 2. The number of hydrogen-bond acceptors (Lipinski definition) is 2. The number of benzene rings is 3. The number of rotatable bonds is 4. The van der Waals surface area contributed by atoms with Crippen molar-refractivity contribution >= 4 is 11.0 Å². The summed E-state index contributed by atoms with van der Waals surface area (Å²) in [4.78, 5) is 4.78. The van der Waals surface area contributed by atoms with Gasteiger partial charge in [-0.2, -0.15) is 0 Å². The number of aromatic nitrogens is 2. The van der Waals surface area contributed by atoms with Crippen molar-refractivity contribution in [1.82, 2.24) is 14.9 Å². The lowest BCUT2D eigenvalue weighted by Gasteiger charge is -2.11. The summed E-state index contributed by atoms with van der Waals surface area (Å²) in [5.41, 5.74) is 5.72. The van der Waals surface area contributed by atoms with E-state index in [1.54, 1.807) is 0 Å². The number of nitrogens with zero attached hydrogens (tertiary/aromatic N) is 2. The van der Waals surface area contributed by atoms with Gasteiger partial charge in [0.25, 0.3) is 0 Å². The topological polar surface area (TPSA) is 29.9 Å². The van der Waals surface area contributed by atoms with E-state index in [4.69, 9.17) is 4.98 Å². The van der Waals surface area contributed by atoms with Crippen LogP contribution in [0.25, 0.3) is 27.8 Å². The predicted molar refractivity (Wildman–Crippen MR) is 99.3 cm³/mol. The van der Waals surface area contributed by atoms with Gasteiger partial charge < -0.3 is 5.32 Å². The molecule has 0 radical (unpaired) electrons. The molecule has 0 spiro atoms. The van der Waals surface area contributed by atoms with Gasteiger partial charge in [0.2, 0.25) is 0 Å². The first-order valence-corrected chi connectivity index (χ1v) is 8.13. The standard InChI is InChI=1S/C21H19N3/c1-22-15-21-23-19-12-5-6-13-20(19)24(21)18-11-7-10-17(14-18)16-8-3-2-4-9-16/h2-14,22H,15H2,1H3. The van der Waals surface area contributed by atoms with Gasteiger partial charge in [0.05, 0.1) is 17.6 Å². The summed E-state index contributed by atoms with van der Waals surface area (Å²) in [6.07, 6.45) is 0. The largest absolute Gasteiger partial charge is 0.313 e. The molecule has 0 amide bonds. The van der Waals surface area contributed by atoms with Crippen LogP contribution in [0.1, 0.15) is 5.82 Å². The van der Waals surface area contributed by atoms with Gasteiger partial charge >= 0.3 is 0 Å². The average molecular weight is 313 g/mol. The van der Waals surface area contributed by atoms with Crippen molar-refractivity contribution in [2.75, 3.05) is 7.05 Å². The summed E-state index contributed by atoms with van der Waals surface area (Å²) in [6, 6.07) is 27.4. The lowest BCUT2D eigenvalue weighted by Crippen LogP contribution is -2.11. The molecule has 1 heterocycles. The predicted octanol–water partition coefficient (Wildman–Crippen LogP) is 4.41. The molecule has 3 aromatic carbocycles. The highest BCUT2D eigenvalue weighted by Gasteiger charge is 2.12. The molecule has 0 aliphatic rings. The zero-order valence-corrected chi connectivity index (χ0v) is 13.6. The zero-order chi connectivity index (χ0) is 16.4. The monoisotopic (exact) mass is 313 g/mol. The molecule has 4 rings (SSSR count). The van der Waals surface area contributed by atoms with E-state index in [9.17, 15) is 0 Å². The van der Waals surface area contributed by atoms with Crippen LogP contribution in [0.15, 0.2) is 78.9 Å². The van der Waals surface area contributed by atoms with Crippen LogP contribution in [0.3, 0.4) is 0 Å². The van der Waals surface area contributed by atoms with Crippen LogP contribution in [0.5, 0.6) is 0 Å². The number of fused-ring (bicyclic) bond motifs is 1. The Bertz CT molecular complexity index is 971. The molecule has 0 aliphatic heterocycles. The van der Waals surface area contributed by atoms with Crippen molar-refractivity contribution in [2.45, 2.75) is 6.54 Å². The highest BCUT2D eigenvalue weighted by atomic mass is 15.1. The van der Waals surface area contributed by atoms with Gasteiger partial charge in [0, 0.05) is 5.69 Å². The Hall–Kier alpha value is -2.91. The third-order valence-electron chi connectivity index (χ3n) is 4.18. The second kappa shape index (κ2) is 6.30. The zero-order valence-electron chi connectivity index (χ0n) is 13.6. The summed E-state index contributed by atoms with van der Waals surface area (Å²) in [5, 5.41) is 3.22. The Morgan fingerprint density at radius 3 is 2.42 bits per heavy atom. The molecule has 0 saturated carbocycles. The lowest BCUT2D eigenvalue weighted by atomic mass is 10.1. The molecule has 1 N–H and O–H groups in total. The maximum Gasteiger partial charge on any atom is 0.128 e. The van der Waals surface area contributed by atoms with Crippen LogP contribution in [0.4, 0.5) is 0 Å². The molecule has 24 heavy (non-hydrogen) atoms. The van der Waals surface area contributed by atoms with Crippen molar-refractivity contribution in [3.05, 3.63) is 84.7 Å². The molecular weight excluding hydrogens is 294 g/mol. The van der Waals surface area contributed by atoms with Crippen LogP contribution < -0.4 is 5.32 Å². The number of nitrogens with one attached hydrogen (secondary N) is 1. The molecule has 0 bridgehead atoms. The molecular formula is C21H19N3. The first-order chi connectivity index (χ1) is 11.9. The fourth-order valence-corrected chi connectivity index (χ4v) is 3.10. The Morgan fingerprint density at radius 1 is 0.833 bits per heavy atom. The van der Waals surface area contributed by atoms with E-state index in [0.29, 0.717) is 0 Å². The fourth-order valence-electron chi connectivity index (χ4n) is 3.10. The quantitative estimate of drug-likeness (QED) is 0.605. The minimum Gasteiger partial charge on any atom is -0.313 e. The average Bonchev–Trinajstić information content (AvgIpc) is 3.01. The Balaban J connectivity index is 1.90. The normalized spacial score (nSPS) is 11.0. The van der Waals surface area contributed by atoms with Crippen LogP contribution in [0.2, 0.25) is 0 Å². The van der Waals surface area contributed by atoms with E-state index < -0.39 is 0 Å². The smallest absolute Gasteiger partial charge is 0.128 e. The van der Waals surface area contributed by atoms with Crippen LogP contribution in [-0.2, 0) is 6.54 Å². The van der Waals surface area contributed by atoms with Gasteiger partial charge in [0.1, 0.15) is 5.82 Å². The van der Waals surface area contributed by atoms with E-state index in [2.05, 4.69) is 76.6 Å². The third-order valence-corrected chi connectivity index (χ3v) is 4.18. The van der Waals surface area contributed by atoms with Gasteiger partial charge in [-0.3, -0.25) is 4.57 Å². The van der Waals surface area contributed by atoms with Crippen molar-refractivity contribution in [3.8, 4) is 16.8 Å². The molecule has 0 aliphatic carbocycles. The van der Waals surface area contributed by atoms with E-state index in [1.165, 1.54) is 11.1 Å². The summed E-state index contributed by atoms with van der Waals surface area (Å²) < 4.78 is 2.23. The van der Waals surface area contributed by atoms with E-state index in [-0.39, 0.29) is 0 Å². The summed E-state index contributed by atoms with van der Waals surface area (Å²) in [5.74, 6) is 1.02. The maximum absolute atomic E-state index is 4.78. The van der Waals surface area contributed by atoms with E-state index in [0.717, 1.165) is 29.1 Å². The SMILES string of the molecule is CNCc1nc2ccccc2n1-c1cccc(-c2ccccc2)c1. The second-order valence-corrected chi connectivity index (χ2v) is 5.80. The van der Waals surface area contributed by atoms with Gasteiger partial charge in [-0.15, -0.1) is 0 Å². The fraction of sp³-hybridized carbons (Fsp3) is 0.0952. The van der Waals surface area contributed by atoms with Crippen molar-refractivity contribution < 1.29 is 0 Å². The van der Waals surface area contributed by atoms with E-state index >= 15 is 0 Å². The number of imidazole rings is 1. The second-order valence-electron chi connectivity index (χ2n) is 5.80. The maximum atomic E-state index is 4.78. The Morgan fingerprint density at radius 2 is 1.58 bits per heavy atom. The van der Waals surface area contributed by atoms with Gasteiger partial charge in [-0.1, -0.05) is 54.6 Å². The molecule has 4 aromatic rings. The minimum atomic E-state index is 0.726. The summed E-state index contributed by atoms with van der Waals surface area (Å²) in [6.45, 7) is 0.726. The highest BCUT2D eigenvalue weighted by Crippen LogP contribution is 2.26. The molecule has 0 unspecified atom stereocenters. The first-order valence-electron chi connectivity index (χ1n) is 8.13. The molecule has 1 aromatic heterocycles. The molecule has 3 nitrogen and oxygen atoms in total. The van der Waals surface area contributed by atoms with Gasteiger partial charge in [0.15, 0.2) is 0 Å². The van der Waals surface area contributed by atoms with Gasteiger partial charge in [-0.05, 0) is 42.4 Å². The lowest BCUT2D eigenvalue weighted by molar-refractivity contribution is 0.748. The Labute approximate surface area is 141 Å². The number of hydrogen-bond donors (Lipinski definition) is 1. The van der Waals surface area contributed by atoms with Gasteiger partial charge in [-0.25, -0.2) is 4.98 Å². The van der Waals surface area contributed by atoms with E-state index in [1.807, 2.05) is 19.2 Å². The molecule has 0 fully saturated rings. The summed E-state index contributed by atoms with van der Waals surface area (Å²) >= 11 is 0. The van der Waals surface area contributed by atoms with Crippen molar-refractivity contribution in [3.63, 3.8) is 0 Å². The minimum absolute atomic E-state index is 0.726. The first kappa shape index (κ1) is 14.7. The highest BCUT2D eigenvalue weighted by molar-refractivity contribution is 5.79. The molecule has 118 valence electrons. The van der Waals surface area contributed by atoms with Crippen molar-refractivity contribution in [1.29, 1.82) is 0 Å². The molecule has 0 atom stereocenters. The summed E-state index contributed by atoms with van der Waals surface area (Å²) in [7, 11) is 1.95. The van der Waals surface area contributed by atoms with Crippen LogP contribution >= 0.6 is 0 Å². The Kier molecular flexibility index (Phi) is 3.85. The van der Waals surface area contributed by atoms with Crippen LogP contribution in [0, 0.1) is 0 Å². The third kappa shape index (κ3) is 2.59. The molecule has 0 saturated heterocycles. The van der Waals surface area contributed by atoms with Crippen LogP contribution in [-0.4, -0.2) is 16.6 Å².